The molecular weight excluding hydrogens is 258 g/mol. The molecule has 0 radical (unpaired) electrons. The normalized spacial score (nSPS) is 12.7. The van der Waals surface area contributed by atoms with Crippen LogP contribution in [0.2, 0.25) is 5.02 Å². The summed E-state index contributed by atoms with van der Waals surface area (Å²) in [6.07, 6.45) is 0.593. The molecule has 0 aliphatic heterocycles. The van der Waals surface area contributed by atoms with Crippen molar-refractivity contribution < 1.29 is 8.42 Å². The van der Waals surface area contributed by atoms with Crippen LogP contribution in [-0.4, -0.2) is 14.2 Å². The number of nitrogen functional groups attached to an aromatic ring is 1. The van der Waals surface area contributed by atoms with E-state index in [1.807, 2.05) is 20.8 Å². The molecule has 0 unspecified atom stereocenters. The number of hydrogen-bond donors (Lipinski definition) is 1. The molecule has 0 atom stereocenters. The second-order valence-corrected chi connectivity index (χ2v) is 7.80. The Kier molecular flexibility index (Phi) is 4.10. The Morgan fingerprint density at radius 3 is 2.35 bits per heavy atom. The smallest absolute Gasteiger partial charge is 0.179 e. The van der Waals surface area contributed by atoms with E-state index in [1.165, 1.54) is 12.1 Å². The maximum atomic E-state index is 12.1. The topological polar surface area (TPSA) is 60.2 Å². The van der Waals surface area contributed by atoms with Crippen LogP contribution >= 0.6 is 11.6 Å². The van der Waals surface area contributed by atoms with Crippen LogP contribution in [0.4, 0.5) is 5.69 Å². The minimum absolute atomic E-state index is 0.0205. The number of anilines is 1. The number of rotatable bonds is 3. The van der Waals surface area contributed by atoms with Gasteiger partial charge in [-0.15, -0.1) is 0 Å². The van der Waals surface area contributed by atoms with Crippen LogP contribution in [0.1, 0.15) is 27.2 Å². The fourth-order valence-corrected chi connectivity index (χ4v) is 3.59. The van der Waals surface area contributed by atoms with Gasteiger partial charge in [0.15, 0.2) is 9.84 Å². The average molecular weight is 276 g/mol. The maximum Gasteiger partial charge on any atom is 0.179 e. The molecule has 1 aromatic rings. The van der Waals surface area contributed by atoms with Crippen molar-refractivity contribution in [2.75, 3.05) is 11.5 Å². The largest absolute Gasteiger partial charge is 0.399 e. The summed E-state index contributed by atoms with van der Waals surface area (Å²) in [4.78, 5) is 0.164. The lowest BCUT2D eigenvalue weighted by atomic mass is 9.94. The van der Waals surface area contributed by atoms with Crippen LogP contribution in [0, 0.1) is 5.41 Å². The molecule has 17 heavy (non-hydrogen) atoms. The molecule has 0 heterocycles. The first-order chi connectivity index (χ1) is 7.62. The van der Waals surface area contributed by atoms with Gasteiger partial charge in [0.1, 0.15) is 0 Å². The Morgan fingerprint density at radius 1 is 1.29 bits per heavy atom. The number of hydrogen-bond acceptors (Lipinski definition) is 3. The van der Waals surface area contributed by atoms with Gasteiger partial charge in [0, 0.05) is 5.69 Å². The molecule has 3 nitrogen and oxygen atoms in total. The second-order valence-electron chi connectivity index (χ2n) is 5.32. The highest BCUT2D eigenvalue weighted by molar-refractivity contribution is 7.91. The van der Waals surface area contributed by atoms with Crippen molar-refractivity contribution in [3.05, 3.63) is 23.2 Å². The van der Waals surface area contributed by atoms with Gasteiger partial charge in [0.05, 0.1) is 15.7 Å². The lowest BCUT2D eigenvalue weighted by molar-refractivity contribution is 0.397. The van der Waals surface area contributed by atoms with Crippen LogP contribution in [0.25, 0.3) is 0 Å². The number of nitrogens with two attached hydrogens (primary N) is 1. The van der Waals surface area contributed by atoms with Gasteiger partial charge in [-0.2, -0.15) is 0 Å². The summed E-state index contributed by atoms with van der Waals surface area (Å²) in [7, 11) is -3.33. The number of halogens is 1. The van der Waals surface area contributed by atoms with Gasteiger partial charge >= 0.3 is 0 Å². The zero-order chi connectivity index (χ0) is 13.3. The number of sulfone groups is 1. The highest BCUT2D eigenvalue weighted by Crippen LogP contribution is 2.27. The van der Waals surface area contributed by atoms with Gasteiger partial charge in [0.25, 0.3) is 0 Å². The molecule has 0 aliphatic carbocycles. The van der Waals surface area contributed by atoms with Crippen LogP contribution in [0.3, 0.4) is 0 Å². The van der Waals surface area contributed by atoms with Crippen molar-refractivity contribution in [2.45, 2.75) is 32.1 Å². The molecule has 0 aromatic heterocycles. The standard InChI is InChI=1S/C12H18ClNO2S/c1-12(2,3)6-7-17(15,16)11-5-4-9(14)8-10(11)13/h4-5,8H,6-7,14H2,1-3H3. The molecule has 0 amide bonds. The first-order valence-corrected chi connectivity index (χ1v) is 7.43. The van der Waals surface area contributed by atoms with Gasteiger partial charge < -0.3 is 5.73 Å². The van der Waals surface area contributed by atoms with E-state index in [2.05, 4.69) is 0 Å². The lowest BCUT2D eigenvalue weighted by Crippen LogP contribution is -2.15. The van der Waals surface area contributed by atoms with E-state index in [4.69, 9.17) is 17.3 Å². The minimum Gasteiger partial charge on any atom is -0.399 e. The zero-order valence-corrected chi connectivity index (χ0v) is 11.9. The minimum atomic E-state index is -3.33. The summed E-state index contributed by atoms with van der Waals surface area (Å²) in [5.41, 5.74) is 5.98. The summed E-state index contributed by atoms with van der Waals surface area (Å²) in [6, 6.07) is 4.48. The quantitative estimate of drug-likeness (QED) is 0.862. The summed E-state index contributed by atoms with van der Waals surface area (Å²) in [5.74, 6) is 0.0974. The van der Waals surface area contributed by atoms with E-state index >= 15 is 0 Å². The molecule has 1 aromatic carbocycles. The Balaban J connectivity index is 2.98. The van der Waals surface area contributed by atoms with Crippen molar-refractivity contribution >= 4 is 27.1 Å². The van der Waals surface area contributed by atoms with Gasteiger partial charge in [-0.3, -0.25) is 0 Å². The lowest BCUT2D eigenvalue weighted by Gasteiger charge is -2.18. The molecule has 0 saturated carbocycles. The average Bonchev–Trinajstić information content (AvgIpc) is 2.13. The molecule has 0 spiro atoms. The number of benzene rings is 1. The van der Waals surface area contributed by atoms with Crippen LogP contribution in [0.15, 0.2) is 23.1 Å². The molecule has 0 bridgehead atoms. The van der Waals surface area contributed by atoms with Gasteiger partial charge in [0.2, 0.25) is 0 Å². The zero-order valence-electron chi connectivity index (χ0n) is 10.3. The molecule has 96 valence electrons. The summed E-state index contributed by atoms with van der Waals surface area (Å²) in [6.45, 7) is 6.02. The van der Waals surface area contributed by atoms with Crippen LogP contribution in [0.5, 0.6) is 0 Å². The monoisotopic (exact) mass is 275 g/mol. The Hall–Kier alpha value is -0.740. The molecule has 0 fully saturated rings. The molecule has 2 N–H and O–H groups in total. The predicted molar refractivity (Wildman–Crippen MR) is 72.0 cm³/mol. The Labute approximate surface area is 108 Å². The molecular formula is C12H18ClNO2S. The van der Waals surface area contributed by atoms with Crippen LogP contribution in [-0.2, 0) is 9.84 Å². The Morgan fingerprint density at radius 2 is 1.88 bits per heavy atom. The molecule has 0 saturated heterocycles. The third-order valence-electron chi connectivity index (χ3n) is 2.41. The van der Waals surface area contributed by atoms with Crippen molar-refractivity contribution in [1.29, 1.82) is 0 Å². The molecule has 0 aliphatic rings. The van der Waals surface area contributed by atoms with Gasteiger partial charge in [-0.1, -0.05) is 32.4 Å². The fraction of sp³-hybridized carbons (Fsp3) is 0.500. The molecule has 5 heteroatoms. The third-order valence-corrected chi connectivity index (χ3v) is 4.60. The highest BCUT2D eigenvalue weighted by Gasteiger charge is 2.21. The SMILES string of the molecule is CC(C)(C)CCS(=O)(=O)c1ccc(N)cc1Cl. The first-order valence-electron chi connectivity index (χ1n) is 5.40. The van der Waals surface area contributed by atoms with E-state index in [9.17, 15) is 8.42 Å². The second kappa shape index (κ2) is 4.86. The van der Waals surface area contributed by atoms with Crippen LogP contribution < -0.4 is 5.73 Å². The summed E-state index contributed by atoms with van der Waals surface area (Å²) < 4.78 is 24.2. The summed E-state index contributed by atoms with van der Waals surface area (Å²) in [5, 5.41) is 0.193. The third kappa shape index (κ3) is 4.21. The van der Waals surface area contributed by atoms with Crippen molar-refractivity contribution in [1.82, 2.24) is 0 Å². The van der Waals surface area contributed by atoms with Gasteiger partial charge in [-0.05, 0) is 30.0 Å². The van der Waals surface area contributed by atoms with Gasteiger partial charge in [-0.25, -0.2) is 8.42 Å². The van der Waals surface area contributed by atoms with Crippen molar-refractivity contribution in [2.24, 2.45) is 5.41 Å². The van der Waals surface area contributed by atoms with Crippen molar-refractivity contribution in [3.8, 4) is 0 Å². The Bertz CT molecular complexity index is 504. The molecule has 1 rings (SSSR count). The predicted octanol–water partition coefficient (Wildman–Crippen LogP) is 3.13. The van der Waals surface area contributed by atoms with Crippen molar-refractivity contribution in [3.63, 3.8) is 0 Å². The highest BCUT2D eigenvalue weighted by atomic mass is 35.5. The fourth-order valence-electron chi connectivity index (χ4n) is 1.32. The van der Waals surface area contributed by atoms with E-state index < -0.39 is 9.84 Å². The first kappa shape index (κ1) is 14.3. The van der Waals surface area contributed by atoms with E-state index in [0.29, 0.717) is 12.1 Å². The van der Waals surface area contributed by atoms with E-state index in [-0.39, 0.29) is 21.1 Å². The maximum absolute atomic E-state index is 12.1. The summed E-state index contributed by atoms with van der Waals surface area (Å²) >= 11 is 5.90. The van der Waals surface area contributed by atoms with E-state index in [0.717, 1.165) is 0 Å². The van der Waals surface area contributed by atoms with E-state index in [1.54, 1.807) is 6.07 Å².